The number of carbonyl (C=O) groups is 2. The lowest BCUT2D eigenvalue weighted by atomic mass is 10.1. The van der Waals surface area contributed by atoms with Gasteiger partial charge in [-0.2, -0.15) is 0 Å². The van der Waals surface area contributed by atoms with Crippen LogP contribution >= 0.6 is 11.3 Å². The van der Waals surface area contributed by atoms with Crippen molar-refractivity contribution in [3.05, 3.63) is 71.2 Å². The zero-order valence-electron chi connectivity index (χ0n) is 19.3. The number of ether oxygens (including phenoxy) is 1. The van der Waals surface area contributed by atoms with E-state index in [-0.39, 0.29) is 11.9 Å². The van der Waals surface area contributed by atoms with Gasteiger partial charge < -0.3 is 25.8 Å². The zero-order valence-corrected chi connectivity index (χ0v) is 20.1. The van der Waals surface area contributed by atoms with Crippen molar-refractivity contribution in [2.45, 2.75) is 19.1 Å². The number of para-hydroxylation sites is 1. The highest BCUT2D eigenvalue weighted by Crippen LogP contribution is 2.46. The van der Waals surface area contributed by atoms with E-state index in [4.69, 9.17) is 4.74 Å². The normalized spacial score (nSPS) is 18.8. The van der Waals surface area contributed by atoms with Gasteiger partial charge in [0.1, 0.15) is 21.2 Å². The van der Waals surface area contributed by atoms with Gasteiger partial charge in [0.15, 0.2) is 0 Å². The Morgan fingerprint density at radius 3 is 2.72 bits per heavy atom. The van der Waals surface area contributed by atoms with Crippen molar-refractivity contribution >= 4 is 50.6 Å². The van der Waals surface area contributed by atoms with Gasteiger partial charge in [0.05, 0.1) is 34.6 Å². The minimum atomic E-state index is -0.657. The number of rotatable bonds is 5. The van der Waals surface area contributed by atoms with Crippen LogP contribution in [-0.4, -0.2) is 47.3 Å². The molecule has 4 heterocycles. The van der Waals surface area contributed by atoms with Gasteiger partial charge in [-0.3, -0.25) is 9.69 Å². The standard InChI is InChI=1S/C26H23N5O4S/c1-14-11-16(35-15-5-3-2-4-6-15)7-8-18(14)31-19-9-10-28-25-21(19)22(30-26(31)34)23(36-25)24(33)29-17-12-27-13-20(17)32/h2-11,17,20,27,32H,12-13H2,1H3,(H,29,33)(H,30,34)/t17-,20+/m0/s1. The molecule has 9 nitrogen and oxygen atoms in total. The van der Waals surface area contributed by atoms with Crippen LogP contribution in [0.25, 0.3) is 10.2 Å². The summed E-state index contributed by atoms with van der Waals surface area (Å²) in [5.74, 6) is 1.04. The number of aromatic nitrogens is 1. The quantitative estimate of drug-likeness (QED) is 0.327. The van der Waals surface area contributed by atoms with E-state index in [2.05, 4.69) is 20.9 Å². The molecule has 4 N–H and O–H groups in total. The van der Waals surface area contributed by atoms with Crippen LogP contribution in [0.4, 0.5) is 21.9 Å². The van der Waals surface area contributed by atoms with Crippen molar-refractivity contribution in [1.29, 1.82) is 0 Å². The number of amides is 3. The second-order valence-electron chi connectivity index (χ2n) is 8.75. The second kappa shape index (κ2) is 8.90. The fraction of sp³-hybridized carbons (Fsp3) is 0.192. The lowest BCUT2D eigenvalue weighted by molar-refractivity contribution is 0.0893. The van der Waals surface area contributed by atoms with E-state index >= 15 is 0 Å². The third-order valence-corrected chi connectivity index (χ3v) is 7.44. The highest BCUT2D eigenvalue weighted by molar-refractivity contribution is 7.21. The van der Waals surface area contributed by atoms with Gasteiger partial charge in [0.2, 0.25) is 0 Å². The summed E-state index contributed by atoms with van der Waals surface area (Å²) in [6, 6.07) is 16.1. The number of aliphatic hydroxyl groups is 1. The monoisotopic (exact) mass is 501 g/mol. The Morgan fingerprint density at radius 2 is 1.97 bits per heavy atom. The van der Waals surface area contributed by atoms with E-state index in [0.717, 1.165) is 11.3 Å². The molecule has 2 aromatic carbocycles. The van der Waals surface area contributed by atoms with Gasteiger partial charge in [-0.1, -0.05) is 18.2 Å². The Bertz CT molecular complexity index is 1490. The highest BCUT2D eigenvalue weighted by atomic mass is 32.1. The SMILES string of the molecule is Cc1cc(Oc2ccccc2)ccc1N1C(=O)Nc2c(C(=O)N[C@H]3CNC[C@H]3O)sc3nccc1c23. The largest absolute Gasteiger partial charge is 0.457 e. The number of nitrogens with one attached hydrogen (secondary N) is 3. The molecule has 4 aromatic rings. The molecule has 0 bridgehead atoms. The van der Waals surface area contributed by atoms with Crippen LogP contribution in [0.15, 0.2) is 60.8 Å². The van der Waals surface area contributed by atoms with Crippen molar-refractivity contribution < 1.29 is 19.4 Å². The Kier molecular flexibility index (Phi) is 5.56. The van der Waals surface area contributed by atoms with Crippen molar-refractivity contribution in [1.82, 2.24) is 15.6 Å². The molecule has 36 heavy (non-hydrogen) atoms. The van der Waals surface area contributed by atoms with Crippen LogP contribution in [0.3, 0.4) is 0 Å². The van der Waals surface area contributed by atoms with E-state index in [1.165, 1.54) is 11.3 Å². The number of aliphatic hydroxyl groups excluding tert-OH is 1. The topological polar surface area (TPSA) is 116 Å². The summed E-state index contributed by atoms with van der Waals surface area (Å²) in [7, 11) is 0. The Hall–Kier alpha value is -3.99. The van der Waals surface area contributed by atoms with Gasteiger partial charge in [-0.15, -0.1) is 11.3 Å². The third kappa shape index (κ3) is 3.85. The van der Waals surface area contributed by atoms with E-state index in [9.17, 15) is 14.7 Å². The summed E-state index contributed by atoms with van der Waals surface area (Å²) >= 11 is 1.22. The van der Waals surface area contributed by atoms with Crippen LogP contribution in [0.2, 0.25) is 0 Å². The fourth-order valence-electron chi connectivity index (χ4n) is 4.60. The fourth-order valence-corrected chi connectivity index (χ4v) is 5.62. The molecule has 0 radical (unpaired) electrons. The Labute approximate surface area is 210 Å². The number of benzene rings is 2. The molecular weight excluding hydrogens is 478 g/mol. The first kappa shape index (κ1) is 22.5. The summed E-state index contributed by atoms with van der Waals surface area (Å²) in [5, 5.41) is 19.6. The molecule has 1 fully saturated rings. The number of hydrogen-bond donors (Lipinski definition) is 4. The van der Waals surface area contributed by atoms with Gasteiger partial charge in [-0.25, -0.2) is 9.78 Å². The van der Waals surface area contributed by atoms with Gasteiger partial charge in [0, 0.05) is 19.3 Å². The Morgan fingerprint density at radius 1 is 1.14 bits per heavy atom. The van der Waals surface area contributed by atoms with Gasteiger partial charge in [-0.05, 0) is 48.9 Å². The minimum Gasteiger partial charge on any atom is -0.457 e. The molecular formula is C26H23N5O4S. The number of pyridine rings is 1. The smallest absolute Gasteiger partial charge is 0.331 e. The molecule has 0 saturated carbocycles. The van der Waals surface area contributed by atoms with E-state index in [0.29, 0.717) is 51.0 Å². The molecule has 2 aliphatic rings. The molecule has 0 aliphatic carbocycles. The van der Waals surface area contributed by atoms with Crippen LogP contribution in [0.5, 0.6) is 11.5 Å². The Balaban J connectivity index is 1.35. The summed E-state index contributed by atoms with van der Waals surface area (Å²) in [5.41, 5.74) is 2.64. The number of aryl methyl sites for hydroxylation is 1. The maximum atomic E-state index is 13.4. The lowest BCUT2D eigenvalue weighted by Gasteiger charge is -2.29. The predicted molar refractivity (Wildman–Crippen MR) is 139 cm³/mol. The summed E-state index contributed by atoms with van der Waals surface area (Å²) < 4.78 is 5.94. The minimum absolute atomic E-state index is 0.348. The van der Waals surface area contributed by atoms with Crippen molar-refractivity contribution in [2.75, 3.05) is 23.3 Å². The molecule has 3 amide bonds. The lowest BCUT2D eigenvalue weighted by Crippen LogP contribution is -2.43. The second-order valence-corrected chi connectivity index (χ2v) is 9.75. The maximum absolute atomic E-state index is 13.4. The predicted octanol–water partition coefficient (Wildman–Crippen LogP) is 4.14. The third-order valence-electron chi connectivity index (χ3n) is 6.34. The van der Waals surface area contributed by atoms with Crippen LogP contribution < -0.4 is 25.6 Å². The number of hydrogen-bond acceptors (Lipinski definition) is 7. The molecule has 2 aliphatic heterocycles. The summed E-state index contributed by atoms with van der Waals surface area (Å²) in [6.07, 6.45) is 0.980. The van der Waals surface area contributed by atoms with Crippen LogP contribution in [0, 0.1) is 6.92 Å². The molecule has 10 heteroatoms. The first-order valence-corrected chi connectivity index (χ1v) is 12.4. The highest BCUT2D eigenvalue weighted by Gasteiger charge is 2.34. The zero-order chi connectivity index (χ0) is 24.8. The van der Waals surface area contributed by atoms with Crippen LogP contribution in [-0.2, 0) is 0 Å². The van der Waals surface area contributed by atoms with E-state index < -0.39 is 12.1 Å². The van der Waals surface area contributed by atoms with Crippen molar-refractivity contribution in [2.24, 2.45) is 0 Å². The molecule has 2 aromatic heterocycles. The number of carbonyl (C=O) groups excluding carboxylic acids is 2. The molecule has 1 saturated heterocycles. The first-order chi connectivity index (χ1) is 17.5. The average molecular weight is 502 g/mol. The number of nitrogens with zero attached hydrogens (tertiary/aromatic N) is 2. The van der Waals surface area contributed by atoms with Crippen LogP contribution in [0.1, 0.15) is 15.2 Å². The first-order valence-electron chi connectivity index (χ1n) is 11.6. The van der Waals surface area contributed by atoms with Gasteiger partial charge >= 0.3 is 6.03 Å². The van der Waals surface area contributed by atoms with Gasteiger partial charge in [0.25, 0.3) is 5.91 Å². The molecule has 0 spiro atoms. The molecule has 182 valence electrons. The van der Waals surface area contributed by atoms with E-state index in [1.54, 1.807) is 17.2 Å². The number of thiophene rings is 1. The molecule has 6 rings (SSSR count). The summed E-state index contributed by atoms with van der Waals surface area (Å²) in [4.78, 5) is 33.5. The van der Waals surface area contributed by atoms with E-state index in [1.807, 2.05) is 55.5 Å². The molecule has 2 atom stereocenters. The number of urea groups is 1. The summed E-state index contributed by atoms with van der Waals surface area (Å²) in [6.45, 7) is 2.83. The number of anilines is 3. The maximum Gasteiger partial charge on any atom is 0.331 e. The average Bonchev–Trinajstić information content (AvgIpc) is 3.45. The van der Waals surface area contributed by atoms with Crippen molar-refractivity contribution in [3.8, 4) is 11.5 Å². The molecule has 0 unspecified atom stereocenters. The number of β-amino-alcohol motifs (C(OH)–C–C–N with tert-alkyl or cyclic N) is 1. The van der Waals surface area contributed by atoms with Crippen molar-refractivity contribution in [3.63, 3.8) is 0 Å².